The predicted octanol–water partition coefficient (Wildman–Crippen LogP) is 2.80. The van der Waals surface area contributed by atoms with Gasteiger partial charge in [0.05, 0.1) is 0 Å². The van der Waals surface area contributed by atoms with Crippen molar-refractivity contribution < 1.29 is 9.53 Å². The molecule has 0 aromatic heterocycles. The lowest BCUT2D eigenvalue weighted by Gasteiger charge is -2.09. The monoisotopic (exact) mass is 202 g/mol. The summed E-state index contributed by atoms with van der Waals surface area (Å²) in [5, 5.41) is 0. The van der Waals surface area contributed by atoms with E-state index in [1.807, 2.05) is 25.1 Å². The van der Waals surface area contributed by atoms with E-state index in [1.54, 1.807) is 0 Å². The smallest absolute Gasteiger partial charge is 0.293 e. The third kappa shape index (κ3) is 1.94. The first-order valence-corrected chi connectivity index (χ1v) is 5.17. The minimum Gasteiger partial charge on any atom is -0.460 e. The zero-order chi connectivity index (χ0) is 10.7. The van der Waals surface area contributed by atoms with Crippen molar-refractivity contribution in [3.8, 4) is 0 Å². The van der Waals surface area contributed by atoms with E-state index in [2.05, 4.69) is 12.1 Å². The van der Waals surface area contributed by atoms with E-state index in [1.165, 1.54) is 16.7 Å². The molecule has 78 valence electrons. The fraction of sp³-hybridized carbons (Fsp3) is 0.308. The van der Waals surface area contributed by atoms with Crippen LogP contribution in [0.3, 0.4) is 0 Å². The maximum Gasteiger partial charge on any atom is 0.293 e. The summed E-state index contributed by atoms with van der Waals surface area (Å²) in [5.74, 6) is 0. The van der Waals surface area contributed by atoms with Crippen LogP contribution in [0.15, 0.2) is 35.9 Å². The Hall–Kier alpha value is -1.57. The zero-order valence-corrected chi connectivity index (χ0v) is 8.77. The van der Waals surface area contributed by atoms with Crippen LogP contribution in [0.4, 0.5) is 0 Å². The molecule has 2 rings (SSSR count). The minimum absolute atomic E-state index is 0.0160. The summed E-state index contributed by atoms with van der Waals surface area (Å²) in [7, 11) is 0. The molecular weight excluding hydrogens is 188 g/mol. The molecule has 0 aliphatic heterocycles. The molecule has 1 aliphatic rings. The zero-order valence-electron chi connectivity index (χ0n) is 8.77. The Balaban J connectivity index is 2.27. The quantitative estimate of drug-likeness (QED) is 0.704. The second kappa shape index (κ2) is 4.30. The third-order valence-electron chi connectivity index (χ3n) is 2.96. The number of ether oxygens (including phenoxy) is 1. The molecule has 1 aliphatic carbocycles. The van der Waals surface area contributed by atoms with Gasteiger partial charge in [0.2, 0.25) is 0 Å². The molecule has 0 amide bonds. The van der Waals surface area contributed by atoms with E-state index in [9.17, 15) is 4.79 Å². The first-order valence-electron chi connectivity index (χ1n) is 5.17. The number of allylic oxidation sites excluding steroid dienone is 1. The molecule has 0 heterocycles. The Morgan fingerprint density at radius 2 is 2.07 bits per heavy atom. The van der Waals surface area contributed by atoms with Crippen LogP contribution < -0.4 is 0 Å². The maximum atomic E-state index is 10.3. The summed E-state index contributed by atoms with van der Waals surface area (Å²) in [6.45, 7) is 2.59. The van der Waals surface area contributed by atoms with E-state index in [-0.39, 0.29) is 6.10 Å². The van der Waals surface area contributed by atoms with Gasteiger partial charge in [-0.3, -0.25) is 4.79 Å². The van der Waals surface area contributed by atoms with Crippen LogP contribution >= 0.6 is 0 Å². The van der Waals surface area contributed by atoms with Gasteiger partial charge in [0.1, 0.15) is 6.10 Å². The van der Waals surface area contributed by atoms with Crippen LogP contribution in [-0.4, -0.2) is 12.6 Å². The molecule has 2 nitrogen and oxygen atoms in total. The van der Waals surface area contributed by atoms with Crippen molar-refractivity contribution in [1.29, 1.82) is 0 Å². The average Bonchev–Trinajstić information content (AvgIpc) is 2.63. The highest BCUT2D eigenvalue weighted by Crippen LogP contribution is 2.34. The van der Waals surface area contributed by atoms with Gasteiger partial charge in [-0.25, -0.2) is 0 Å². The molecule has 1 aromatic rings. The summed E-state index contributed by atoms with van der Waals surface area (Å²) in [4.78, 5) is 10.3. The third-order valence-corrected chi connectivity index (χ3v) is 2.96. The van der Waals surface area contributed by atoms with E-state index in [0.717, 1.165) is 12.8 Å². The Bertz CT molecular complexity index is 379. The van der Waals surface area contributed by atoms with Gasteiger partial charge >= 0.3 is 0 Å². The van der Waals surface area contributed by atoms with E-state index in [0.29, 0.717) is 6.47 Å². The number of carbonyl (C=O) groups is 1. The van der Waals surface area contributed by atoms with Gasteiger partial charge in [-0.05, 0) is 36.5 Å². The lowest BCUT2D eigenvalue weighted by Crippen LogP contribution is -2.08. The number of hydrogen-bond acceptors (Lipinski definition) is 2. The summed E-state index contributed by atoms with van der Waals surface area (Å²) >= 11 is 0. The number of carbonyl (C=O) groups excluding carboxylic acids is 1. The molecule has 0 spiro atoms. The molecule has 0 N–H and O–H groups in total. The van der Waals surface area contributed by atoms with Gasteiger partial charge in [0.15, 0.2) is 0 Å². The molecule has 15 heavy (non-hydrogen) atoms. The van der Waals surface area contributed by atoms with Crippen molar-refractivity contribution >= 4 is 12.0 Å². The van der Waals surface area contributed by atoms with Crippen LogP contribution in [0.1, 0.15) is 25.3 Å². The van der Waals surface area contributed by atoms with Gasteiger partial charge in [0.25, 0.3) is 6.47 Å². The van der Waals surface area contributed by atoms with Crippen molar-refractivity contribution in [2.75, 3.05) is 0 Å². The van der Waals surface area contributed by atoms with Crippen LogP contribution in [-0.2, 0) is 9.53 Å². The van der Waals surface area contributed by atoms with Crippen molar-refractivity contribution in [3.63, 3.8) is 0 Å². The highest BCUT2D eigenvalue weighted by atomic mass is 16.5. The molecule has 2 heteroatoms. The molecule has 1 atom stereocenters. The Morgan fingerprint density at radius 1 is 1.33 bits per heavy atom. The summed E-state index contributed by atoms with van der Waals surface area (Å²) in [6, 6.07) is 10.3. The SMILES string of the molecule is CC1=C(c2ccccc2)CCC1OC=O. The molecule has 0 saturated carbocycles. The minimum atomic E-state index is -0.0160. The summed E-state index contributed by atoms with van der Waals surface area (Å²) < 4.78 is 5.03. The molecule has 0 bridgehead atoms. The van der Waals surface area contributed by atoms with E-state index in [4.69, 9.17) is 4.74 Å². The number of rotatable bonds is 3. The van der Waals surface area contributed by atoms with Gasteiger partial charge in [0, 0.05) is 0 Å². The summed E-state index contributed by atoms with van der Waals surface area (Å²) in [6.07, 6.45) is 1.89. The topological polar surface area (TPSA) is 26.3 Å². The Labute approximate surface area is 89.6 Å². The van der Waals surface area contributed by atoms with Crippen molar-refractivity contribution in [2.24, 2.45) is 0 Å². The van der Waals surface area contributed by atoms with Crippen molar-refractivity contribution in [3.05, 3.63) is 41.5 Å². The molecular formula is C13H14O2. The average molecular weight is 202 g/mol. The van der Waals surface area contributed by atoms with Crippen molar-refractivity contribution in [2.45, 2.75) is 25.9 Å². The van der Waals surface area contributed by atoms with Gasteiger partial charge in [-0.15, -0.1) is 0 Å². The fourth-order valence-electron chi connectivity index (χ4n) is 2.13. The predicted molar refractivity (Wildman–Crippen MR) is 59.2 cm³/mol. The molecule has 1 aromatic carbocycles. The van der Waals surface area contributed by atoms with Gasteiger partial charge < -0.3 is 4.74 Å². The summed E-state index contributed by atoms with van der Waals surface area (Å²) in [5.41, 5.74) is 3.75. The van der Waals surface area contributed by atoms with Crippen LogP contribution in [0.25, 0.3) is 5.57 Å². The van der Waals surface area contributed by atoms with Crippen LogP contribution in [0.2, 0.25) is 0 Å². The Kier molecular flexibility index (Phi) is 2.86. The number of hydrogen-bond donors (Lipinski definition) is 0. The van der Waals surface area contributed by atoms with Gasteiger partial charge in [-0.2, -0.15) is 0 Å². The highest BCUT2D eigenvalue weighted by Gasteiger charge is 2.23. The first-order chi connectivity index (χ1) is 7.33. The highest BCUT2D eigenvalue weighted by molar-refractivity contribution is 5.71. The lowest BCUT2D eigenvalue weighted by atomic mass is 10.0. The van der Waals surface area contributed by atoms with E-state index < -0.39 is 0 Å². The van der Waals surface area contributed by atoms with Gasteiger partial charge in [-0.1, -0.05) is 30.3 Å². The van der Waals surface area contributed by atoms with Crippen LogP contribution in [0, 0.1) is 0 Å². The molecule has 0 saturated heterocycles. The van der Waals surface area contributed by atoms with E-state index >= 15 is 0 Å². The van der Waals surface area contributed by atoms with Crippen molar-refractivity contribution in [1.82, 2.24) is 0 Å². The normalized spacial score (nSPS) is 20.5. The second-order valence-corrected chi connectivity index (χ2v) is 3.79. The Morgan fingerprint density at radius 3 is 2.73 bits per heavy atom. The fourth-order valence-corrected chi connectivity index (χ4v) is 2.13. The maximum absolute atomic E-state index is 10.3. The molecule has 0 fully saturated rings. The first kappa shape index (κ1) is 9.97. The molecule has 1 unspecified atom stereocenters. The lowest BCUT2D eigenvalue weighted by molar-refractivity contribution is -0.131. The molecule has 0 radical (unpaired) electrons. The van der Waals surface area contributed by atoms with Crippen LogP contribution in [0.5, 0.6) is 0 Å². The second-order valence-electron chi connectivity index (χ2n) is 3.79. The number of benzene rings is 1. The largest absolute Gasteiger partial charge is 0.460 e. The standard InChI is InChI=1S/C13H14O2/c1-10-12(7-8-13(10)15-9-14)11-5-3-2-4-6-11/h2-6,9,13H,7-8H2,1H3.